The Morgan fingerprint density at radius 1 is 1.08 bits per heavy atom. The Morgan fingerprint density at radius 2 is 1.96 bits per heavy atom. The van der Waals surface area contributed by atoms with Crippen molar-refractivity contribution in [2.24, 2.45) is 0 Å². The molecular formula is C20H15N3O2. The van der Waals surface area contributed by atoms with Gasteiger partial charge in [-0.15, -0.1) is 0 Å². The fraction of sp³-hybridized carbons (Fsp3) is 0.0500. The molecule has 0 aliphatic heterocycles. The molecule has 25 heavy (non-hydrogen) atoms. The molecule has 5 heteroatoms. The average Bonchev–Trinajstić information content (AvgIpc) is 3.17. The number of anilines is 1. The van der Waals surface area contributed by atoms with Gasteiger partial charge in [-0.05, 0) is 42.8 Å². The van der Waals surface area contributed by atoms with Crippen molar-refractivity contribution in [3.63, 3.8) is 0 Å². The van der Waals surface area contributed by atoms with Crippen LogP contribution in [0.5, 0.6) is 0 Å². The normalized spacial score (nSPS) is 10.8. The van der Waals surface area contributed by atoms with Crippen molar-refractivity contribution in [3.05, 3.63) is 78.2 Å². The Hall–Kier alpha value is -3.47. The van der Waals surface area contributed by atoms with Gasteiger partial charge in [0.2, 0.25) is 0 Å². The summed E-state index contributed by atoms with van der Waals surface area (Å²) in [6.45, 7) is 1.95. The topological polar surface area (TPSA) is 68.0 Å². The summed E-state index contributed by atoms with van der Waals surface area (Å²) in [4.78, 5) is 21.6. The minimum atomic E-state index is -0.234. The van der Waals surface area contributed by atoms with Crippen LogP contribution in [0.15, 0.2) is 71.5 Å². The molecule has 0 atom stereocenters. The van der Waals surface area contributed by atoms with E-state index in [4.69, 9.17) is 4.42 Å². The van der Waals surface area contributed by atoms with E-state index in [1.807, 2.05) is 43.3 Å². The van der Waals surface area contributed by atoms with E-state index in [0.29, 0.717) is 22.8 Å². The number of aromatic nitrogens is 2. The van der Waals surface area contributed by atoms with Crippen molar-refractivity contribution in [3.8, 4) is 11.5 Å². The Labute approximate surface area is 144 Å². The molecule has 0 unspecified atom stereocenters. The maximum atomic E-state index is 12.8. The van der Waals surface area contributed by atoms with E-state index in [9.17, 15) is 4.79 Å². The number of furan rings is 1. The number of rotatable bonds is 3. The molecule has 1 aromatic carbocycles. The van der Waals surface area contributed by atoms with Gasteiger partial charge in [0.1, 0.15) is 11.5 Å². The number of pyridine rings is 2. The fourth-order valence-corrected chi connectivity index (χ4v) is 2.64. The molecule has 0 saturated heterocycles. The van der Waals surface area contributed by atoms with Crippen LogP contribution in [0.25, 0.3) is 22.4 Å². The molecule has 0 aliphatic carbocycles. The highest BCUT2D eigenvalue weighted by Gasteiger charge is 2.15. The van der Waals surface area contributed by atoms with Gasteiger partial charge in [-0.2, -0.15) is 0 Å². The van der Waals surface area contributed by atoms with Crippen molar-refractivity contribution < 1.29 is 9.21 Å². The third-order valence-electron chi connectivity index (χ3n) is 3.89. The SMILES string of the molecule is Cc1ccc(NC(=O)c2cc(-c3ccco3)nc3ccccc23)nc1. The van der Waals surface area contributed by atoms with Crippen molar-refractivity contribution in [2.75, 3.05) is 5.32 Å². The number of carbonyl (C=O) groups excluding carboxylic acids is 1. The number of nitrogens with zero attached hydrogens (tertiary/aromatic N) is 2. The monoisotopic (exact) mass is 329 g/mol. The molecule has 3 heterocycles. The predicted molar refractivity (Wildman–Crippen MR) is 96.4 cm³/mol. The molecule has 0 spiro atoms. The van der Waals surface area contributed by atoms with E-state index < -0.39 is 0 Å². The first-order valence-electron chi connectivity index (χ1n) is 7.88. The van der Waals surface area contributed by atoms with Crippen molar-refractivity contribution >= 4 is 22.6 Å². The summed E-state index contributed by atoms with van der Waals surface area (Å²) in [7, 11) is 0. The zero-order valence-electron chi connectivity index (χ0n) is 13.6. The van der Waals surface area contributed by atoms with Gasteiger partial charge in [-0.1, -0.05) is 24.3 Å². The Balaban J connectivity index is 1.79. The van der Waals surface area contributed by atoms with Crippen LogP contribution >= 0.6 is 0 Å². The van der Waals surface area contributed by atoms with Crippen LogP contribution in [0.3, 0.4) is 0 Å². The van der Waals surface area contributed by atoms with Crippen LogP contribution in [0.2, 0.25) is 0 Å². The lowest BCUT2D eigenvalue weighted by molar-refractivity contribution is 0.102. The molecule has 1 N–H and O–H groups in total. The first-order chi connectivity index (χ1) is 12.2. The van der Waals surface area contributed by atoms with Gasteiger partial charge < -0.3 is 9.73 Å². The van der Waals surface area contributed by atoms with Crippen LogP contribution < -0.4 is 5.32 Å². The van der Waals surface area contributed by atoms with Gasteiger partial charge in [0.05, 0.1) is 17.3 Å². The smallest absolute Gasteiger partial charge is 0.257 e. The van der Waals surface area contributed by atoms with Gasteiger partial charge in [0, 0.05) is 11.6 Å². The summed E-state index contributed by atoms with van der Waals surface area (Å²) in [5.74, 6) is 0.895. The Bertz CT molecular complexity index is 1040. The predicted octanol–water partition coefficient (Wildman–Crippen LogP) is 4.45. The molecular weight excluding hydrogens is 314 g/mol. The average molecular weight is 329 g/mol. The zero-order valence-corrected chi connectivity index (χ0v) is 13.6. The maximum absolute atomic E-state index is 12.8. The van der Waals surface area contributed by atoms with Gasteiger partial charge >= 0.3 is 0 Å². The van der Waals surface area contributed by atoms with E-state index in [1.165, 1.54) is 0 Å². The van der Waals surface area contributed by atoms with Crippen molar-refractivity contribution in [2.45, 2.75) is 6.92 Å². The molecule has 0 saturated carbocycles. The van der Waals surface area contributed by atoms with Crippen LogP contribution in [0, 0.1) is 6.92 Å². The first kappa shape index (κ1) is 15.1. The van der Waals surface area contributed by atoms with E-state index in [2.05, 4.69) is 15.3 Å². The maximum Gasteiger partial charge on any atom is 0.257 e. The molecule has 0 bridgehead atoms. The molecule has 3 aromatic heterocycles. The minimum absolute atomic E-state index is 0.234. The zero-order chi connectivity index (χ0) is 17.2. The second-order valence-electron chi connectivity index (χ2n) is 5.72. The largest absolute Gasteiger partial charge is 0.463 e. The summed E-state index contributed by atoms with van der Waals surface area (Å²) >= 11 is 0. The molecule has 0 radical (unpaired) electrons. The number of hydrogen-bond donors (Lipinski definition) is 1. The third kappa shape index (κ3) is 2.99. The summed E-state index contributed by atoms with van der Waals surface area (Å²) in [5.41, 5.74) is 2.91. The van der Waals surface area contributed by atoms with Gasteiger partial charge in [0.25, 0.3) is 5.91 Å². The number of para-hydroxylation sites is 1. The summed E-state index contributed by atoms with van der Waals surface area (Å²) < 4.78 is 5.43. The number of hydrogen-bond acceptors (Lipinski definition) is 4. The number of amides is 1. The van der Waals surface area contributed by atoms with E-state index in [0.717, 1.165) is 16.5 Å². The van der Waals surface area contributed by atoms with Crippen LogP contribution in [-0.2, 0) is 0 Å². The summed E-state index contributed by atoms with van der Waals surface area (Å²) in [5, 5.41) is 3.62. The molecule has 4 aromatic rings. The number of aryl methyl sites for hydroxylation is 1. The second-order valence-corrected chi connectivity index (χ2v) is 5.72. The molecule has 0 aliphatic rings. The van der Waals surface area contributed by atoms with Crippen LogP contribution in [-0.4, -0.2) is 15.9 Å². The highest BCUT2D eigenvalue weighted by molar-refractivity contribution is 6.12. The van der Waals surface area contributed by atoms with E-state index >= 15 is 0 Å². The molecule has 1 amide bonds. The lowest BCUT2D eigenvalue weighted by Crippen LogP contribution is -2.14. The second kappa shape index (κ2) is 6.20. The Kier molecular flexibility index (Phi) is 3.74. The highest BCUT2D eigenvalue weighted by Crippen LogP contribution is 2.25. The highest BCUT2D eigenvalue weighted by atomic mass is 16.3. The molecule has 0 fully saturated rings. The van der Waals surface area contributed by atoms with Crippen molar-refractivity contribution in [1.29, 1.82) is 0 Å². The number of fused-ring (bicyclic) bond motifs is 1. The number of carbonyl (C=O) groups is 1. The molecule has 5 nitrogen and oxygen atoms in total. The minimum Gasteiger partial charge on any atom is -0.463 e. The Morgan fingerprint density at radius 3 is 2.72 bits per heavy atom. The van der Waals surface area contributed by atoms with Crippen LogP contribution in [0.4, 0.5) is 5.82 Å². The fourth-order valence-electron chi connectivity index (χ4n) is 2.64. The summed E-state index contributed by atoms with van der Waals surface area (Å²) in [6, 6.07) is 16.6. The standard InChI is InChI=1S/C20H15N3O2/c1-13-8-9-19(21-12-13)23-20(24)15-11-17(18-7-4-10-25-18)22-16-6-3-2-5-14(15)16/h2-12H,1H3,(H,21,23,24). The number of benzene rings is 1. The summed E-state index contributed by atoms with van der Waals surface area (Å²) in [6.07, 6.45) is 3.30. The van der Waals surface area contributed by atoms with E-state index in [1.54, 1.807) is 30.7 Å². The quantitative estimate of drug-likeness (QED) is 0.603. The van der Waals surface area contributed by atoms with Gasteiger partial charge in [-0.25, -0.2) is 9.97 Å². The lowest BCUT2D eigenvalue weighted by atomic mass is 10.1. The number of nitrogens with one attached hydrogen (secondary N) is 1. The van der Waals surface area contributed by atoms with Gasteiger partial charge in [0.15, 0.2) is 5.76 Å². The third-order valence-corrected chi connectivity index (χ3v) is 3.89. The van der Waals surface area contributed by atoms with Crippen LogP contribution in [0.1, 0.15) is 15.9 Å². The van der Waals surface area contributed by atoms with E-state index in [-0.39, 0.29) is 5.91 Å². The molecule has 122 valence electrons. The van der Waals surface area contributed by atoms with Crippen molar-refractivity contribution in [1.82, 2.24) is 9.97 Å². The first-order valence-corrected chi connectivity index (χ1v) is 7.88. The molecule has 4 rings (SSSR count). The van der Waals surface area contributed by atoms with Gasteiger partial charge in [-0.3, -0.25) is 4.79 Å². The lowest BCUT2D eigenvalue weighted by Gasteiger charge is -2.09.